The quantitative estimate of drug-likeness (QED) is 0.159. The number of H-pyrrole nitrogens is 1. The molecule has 224 valence electrons. The summed E-state index contributed by atoms with van der Waals surface area (Å²) in [4.78, 5) is 29.9. The number of halogens is 1. The maximum atomic E-state index is 12.6. The Morgan fingerprint density at radius 2 is 1.91 bits per heavy atom. The number of carbonyl (C=O) groups excluding carboxylic acids is 1. The summed E-state index contributed by atoms with van der Waals surface area (Å²) < 4.78 is 17.8. The molecule has 4 aromatic rings. The molecule has 13 heteroatoms. The monoisotopic (exact) mass is 651 g/mol. The van der Waals surface area contributed by atoms with Gasteiger partial charge in [-0.15, -0.1) is 10.2 Å². The first-order valence-electron chi connectivity index (χ1n) is 13.7. The number of aromatic amines is 1. The number of carboxylic acids is 1. The zero-order valence-electron chi connectivity index (χ0n) is 24.5. The second-order valence-corrected chi connectivity index (χ2v) is 11.5. The zero-order chi connectivity index (χ0) is 30.9. The molecule has 5 rings (SSSR count). The number of quaternary nitrogens is 1. The number of nitrogens with one attached hydrogen (secondary N) is 1. The molecule has 0 aliphatic carbocycles. The minimum absolute atomic E-state index is 0.0244. The van der Waals surface area contributed by atoms with Crippen LogP contribution in [0.3, 0.4) is 0 Å². The number of aliphatic carboxylic acids is 1. The molecule has 1 atom stereocenters. The van der Waals surface area contributed by atoms with E-state index >= 15 is 0 Å². The molecule has 1 unspecified atom stereocenters. The van der Waals surface area contributed by atoms with Crippen LogP contribution in [0.4, 0.5) is 0 Å². The van der Waals surface area contributed by atoms with Gasteiger partial charge in [-0.05, 0) is 60.1 Å². The van der Waals surface area contributed by atoms with Crippen molar-refractivity contribution in [3.05, 3.63) is 63.9 Å². The molecule has 0 saturated heterocycles. The van der Waals surface area contributed by atoms with E-state index in [4.69, 9.17) is 13.9 Å². The van der Waals surface area contributed by atoms with Crippen LogP contribution in [0, 0.1) is 0 Å². The standard InChI is InChI=1S/C30H31BrN6O6/c1-6-23-32-17(2)25(28(38)39)37(23,13-14-42-29(40)30(3,4)41-5)16-18-11-12-22-21(15-18)24(31)26(43-22)19-9-7-8-10-20(19)27-33-35-36-34-27/h7-12,15H,6,13-14,16H2,1-5H3,(H-,33,34,35,36,38,39)/p+1. The number of hydrogen-bond acceptors (Lipinski definition) is 9. The Bertz CT molecular complexity index is 1760. The van der Waals surface area contributed by atoms with Gasteiger partial charge in [-0.2, -0.15) is 10.2 Å². The van der Waals surface area contributed by atoms with E-state index in [1.165, 1.54) is 7.11 Å². The molecule has 43 heavy (non-hydrogen) atoms. The van der Waals surface area contributed by atoms with Gasteiger partial charge >= 0.3 is 11.9 Å². The van der Waals surface area contributed by atoms with E-state index in [1.807, 2.05) is 49.4 Å². The van der Waals surface area contributed by atoms with Gasteiger partial charge in [0.15, 0.2) is 5.60 Å². The highest BCUT2D eigenvalue weighted by molar-refractivity contribution is 9.10. The minimum Gasteiger partial charge on any atom is -0.474 e. The first-order chi connectivity index (χ1) is 20.5. The molecule has 1 aliphatic rings. The van der Waals surface area contributed by atoms with E-state index in [9.17, 15) is 14.7 Å². The van der Waals surface area contributed by atoms with Crippen molar-refractivity contribution in [1.29, 1.82) is 0 Å². The summed E-state index contributed by atoms with van der Waals surface area (Å²) >= 11 is 3.74. The summed E-state index contributed by atoms with van der Waals surface area (Å²) in [7, 11) is 1.44. The van der Waals surface area contributed by atoms with Crippen molar-refractivity contribution in [2.75, 3.05) is 20.3 Å². The van der Waals surface area contributed by atoms with Gasteiger partial charge in [0.2, 0.25) is 17.4 Å². The summed E-state index contributed by atoms with van der Waals surface area (Å²) in [5.74, 6) is 0.117. The number of fused-ring (bicyclic) bond motifs is 1. The highest BCUT2D eigenvalue weighted by atomic mass is 79.9. The van der Waals surface area contributed by atoms with Crippen molar-refractivity contribution >= 4 is 44.7 Å². The van der Waals surface area contributed by atoms with Crippen LogP contribution in [-0.4, -0.2) is 73.9 Å². The number of amidine groups is 1. The number of hydrogen-bond donors (Lipinski definition) is 2. The van der Waals surface area contributed by atoms with Crippen LogP contribution in [0.1, 0.15) is 39.7 Å². The van der Waals surface area contributed by atoms with Gasteiger partial charge in [-0.3, -0.25) is 0 Å². The van der Waals surface area contributed by atoms with Gasteiger partial charge in [-0.1, -0.05) is 31.2 Å². The van der Waals surface area contributed by atoms with Gasteiger partial charge < -0.3 is 19.0 Å². The average Bonchev–Trinajstić information content (AvgIpc) is 3.70. The second kappa shape index (κ2) is 11.8. The lowest BCUT2D eigenvalue weighted by atomic mass is 10.0. The Morgan fingerprint density at radius 1 is 1.16 bits per heavy atom. The number of nitrogens with zero attached hydrogens (tertiary/aromatic N) is 5. The molecule has 0 saturated carbocycles. The number of carbonyl (C=O) groups is 2. The molecule has 2 aromatic carbocycles. The predicted molar refractivity (Wildman–Crippen MR) is 161 cm³/mol. The third kappa shape index (κ3) is 5.51. The Hall–Kier alpha value is -4.20. The molecular formula is C30H32BrN6O6+. The molecule has 0 bridgehead atoms. The van der Waals surface area contributed by atoms with Gasteiger partial charge in [-0.25, -0.2) is 14.1 Å². The zero-order valence-corrected chi connectivity index (χ0v) is 26.1. The summed E-state index contributed by atoms with van der Waals surface area (Å²) in [5.41, 5.74) is 2.48. The first-order valence-corrected chi connectivity index (χ1v) is 14.5. The normalized spacial score (nSPS) is 17.0. The highest BCUT2D eigenvalue weighted by Gasteiger charge is 2.48. The average molecular weight is 653 g/mol. The fourth-order valence-corrected chi connectivity index (χ4v) is 6.00. The van der Waals surface area contributed by atoms with E-state index in [2.05, 4.69) is 41.5 Å². The largest absolute Gasteiger partial charge is 0.474 e. The SMILES string of the molecule is CCC1=NC(C)=C(C(=O)O)[N+]1(CCOC(=O)C(C)(C)OC)Cc1ccc2oc(-c3ccccc3-c3nn[nH]n3)c(Br)c2c1. The van der Waals surface area contributed by atoms with Crippen LogP contribution in [0.5, 0.6) is 0 Å². The smallest absolute Gasteiger partial charge is 0.392 e. The van der Waals surface area contributed by atoms with Crippen molar-refractivity contribution in [2.24, 2.45) is 4.99 Å². The van der Waals surface area contributed by atoms with Crippen molar-refractivity contribution in [2.45, 2.75) is 46.3 Å². The predicted octanol–water partition coefficient (Wildman–Crippen LogP) is 5.47. The molecule has 0 radical (unpaired) electrons. The minimum atomic E-state index is -1.13. The third-order valence-corrected chi connectivity index (χ3v) is 8.48. The lowest BCUT2D eigenvalue weighted by Crippen LogP contribution is -2.53. The fraction of sp³-hybridized carbons (Fsp3) is 0.333. The maximum absolute atomic E-state index is 12.6. The van der Waals surface area contributed by atoms with Gasteiger partial charge in [0, 0.05) is 35.6 Å². The highest BCUT2D eigenvalue weighted by Crippen LogP contribution is 2.42. The van der Waals surface area contributed by atoms with Gasteiger partial charge in [0.1, 0.15) is 36.7 Å². The Balaban J connectivity index is 1.53. The molecule has 2 N–H and O–H groups in total. The molecule has 3 heterocycles. The molecule has 1 aliphatic heterocycles. The summed E-state index contributed by atoms with van der Waals surface area (Å²) in [6, 6.07) is 13.3. The van der Waals surface area contributed by atoms with E-state index < -0.39 is 17.5 Å². The number of aliphatic imine (C=N–C) groups is 1. The number of furan rings is 1. The molecule has 2 aromatic heterocycles. The van der Waals surface area contributed by atoms with Crippen LogP contribution >= 0.6 is 15.9 Å². The molecule has 0 fully saturated rings. The second-order valence-electron chi connectivity index (χ2n) is 10.7. The molecular weight excluding hydrogens is 620 g/mol. The fourth-order valence-electron chi connectivity index (χ4n) is 5.39. The van der Waals surface area contributed by atoms with Crippen molar-refractivity contribution < 1.29 is 33.1 Å². The van der Waals surface area contributed by atoms with Crippen LogP contribution < -0.4 is 0 Å². The number of rotatable bonds is 11. The number of aromatic nitrogens is 4. The number of carboxylic acid groups (broad SMARTS) is 1. The summed E-state index contributed by atoms with van der Waals surface area (Å²) in [6.45, 7) is 7.31. The first kappa shape index (κ1) is 30.3. The molecule has 12 nitrogen and oxygen atoms in total. The number of allylic oxidation sites excluding steroid dienone is 1. The van der Waals surface area contributed by atoms with Crippen LogP contribution in [0.15, 0.2) is 67.7 Å². The van der Waals surface area contributed by atoms with Crippen molar-refractivity contribution in [3.63, 3.8) is 0 Å². The van der Waals surface area contributed by atoms with E-state index in [0.717, 1.165) is 26.5 Å². The lowest BCUT2D eigenvalue weighted by molar-refractivity contribution is -0.812. The summed E-state index contributed by atoms with van der Waals surface area (Å²) in [6.07, 6.45) is 0.514. The van der Waals surface area contributed by atoms with Crippen molar-refractivity contribution in [3.8, 4) is 22.7 Å². The number of ether oxygens (including phenoxy) is 2. The Kier molecular flexibility index (Phi) is 8.32. The summed E-state index contributed by atoms with van der Waals surface area (Å²) in [5, 5.41) is 25.5. The van der Waals surface area contributed by atoms with Crippen LogP contribution in [0.25, 0.3) is 33.7 Å². The maximum Gasteiger partial charge on any atom is 0.392 e. The topological polar surface area (TPSA) is 153 Å². The number of esters is 1. The molecule has 0 spiro atoms. The van der Waals surface area contributed by atoms with E-state index in [0.29, 0.717) is 35.1 Å². The van der Waals surface area contributed by atoms with Crippen LogP contribution in [-0.2, 0) is 25.6 Å². The third-order valence-electron chi connectivity index (χ3n) is 7.69. The number of benzene rings is 2. The van der Waals surface area contributed by atoms with Gasteiger partial charge in [0.05, 0.1) is 4.47 Å². The Morgan fingerprint density at radius 3 is 2.56 bits per heavy atom. The Labute approximate surface area is 256 Å². The molecule has 0 amide bonds. The van der Waals surface area contributed by atoms with E-state index in [-0.39, 0.29) is 29.9 Å². The number of tetrazole rings is 1. The number of methoxy groups -OCH3 is 1. The van der Waals surface area contributed by atoms with E-state index in [1.54, 1.807) is 20.8 Å². The van der Waals surface area contributed by atoms with Crippen LogP contribution in [0.2, 0.25) is 0 Å². The van der Waals surface area contributed by atoms with Gasteiger partial charge in [0.25, 0.3) is 0 Å². The van der Waals surface area contributed by atoms with Crippen molar-refractivity contribution in [1.82, 2.24) is 20.6 Å². The lowest BCUT2D eigenvalue weighted by Gasteiger charge is -2.35.